The van der Waals surface area contributed by atoms with Crippen molar-refractivity contribution in [2.45, 2.75) is 19.9 Å². The molecule has 0 bridgehead atoms. The number of methoxy groups -OCH3 is 1. The number of aromatic nitrogens is 1. The lowest BCUT2D eigenvalue weighted by Crippen LogP contribution is -2.40. The SMILES string of the molecule is CCN(C(=O)c1ccnc(Cl)c1)C(C)COC. The highest BCUT2D eigenvalue weighted by Gasteiger charge is 2.19. The van der Waals surface area contributed by atoms with Gasteiger partial charge in [0.1, 0.15) is 5.15 Å². The summed E-state index contributed by atoms with van der Waals surface area (Å²) in [5, 5.41) is 0.325. The van der Waals surface area contributed by atoms with E-state index in [9.17, 15) is 4.79 Å². The Kier molecular flexibility index (Phi) is 5.38. The van der Waals surface area contributed by atoms with Gasteiger partial charge in [0.05, 0.1) is 12.6 Å². The monoisotopic (exact) mass is 256 g/mol. The van der Waals surface area contributed by atoms with Crippen LogP contribution in [0.1, 0.15) is 24.2 Å². The Labute approximate surface area is 107 Å². The third-order valence-corrected chi connectivity index (χ3v) is 2.72. The maximum absolute atomic E-state index is 12.2. The normalized spacial score (nSPS) is 12.2. The number of carbonyl (C=O) groups excluding carboxylic acids is 1. The Hall–Kier alpha value is -1.13. The molecule has 1 aromatic rings. The minimum Gasteiger partial charge on any atom is -0.383 e. The van der Waals surface area contributed by atoms with Gasteiger partial charge in [0.2, 0.25) is 0 Å². The number of likely N-dealkylation sites (N-methyl/N-ethyl adjacent to an activating group) is 1. The quantitative estimate of drug-likeness (QED) is 0.759. The lowest BCUT2D eigenvalue weighted by molar-refractivity contribution is 0.0579. The molecule has 1 aromatic heterocycles. The fourth-order valence-corrected chi connectivity index (χ4v) is 1.86. The van der Waals surface area contributed by atoms with Crippen molar-refractivity contribution in [3.63, 3.8) is 0 Å². The summed E-state index contributed by atoms with van der Waals surface area (Å²) < 4.78 is 5.06. The Balaban J connectivity index is 2.86. The fraction of sp³-hybridized carbons (Fsp3) is 0.500. The molecule has 1 unspecified atom stereocenters. The number of carbonyl (C=O) groups is 1. The first-order valence-corrected chi connectivity index (χ1v) is 5.89. The van der Waals surface area contributed by atoms with E-state index in [0.29, 0.717) is 23.9 Å². The van der Waals surface area contributed by atoms with E-state index in [-0.39, 0.29) is 11.9 Å². The van der Waals surface area contributed by atoms with Crippen molar-refractivity contribution in [1.82, 2.24) is 9.88 Å². The van der Waals surface area contributed by atoms with E-state index in [4.69, 9.17) is 16.3 Å². The van der Waals surface area contributed by atoms with E-state index in [0.717, 1.165) is 0 Å². The smallest absolute Gasteiger partial charge is 0.254 e. The molecule has 0 aliphatic rings. The van der Waals surface area contributed by atoms with E-state index in [2.05, 4.69) is 4.98 Å². The molecule has 0 aromatic carbocycles. The Morgan fingerprint density at radius 2 is 2.35 bits per heavy atom. The minimum atomic E-state index is -0.0543. The van der Waals surface area contributed by atoms with Gasteiger partial charge in [-0.2, -0.15) is 0 Å². The molecule has 1 heterocycles. The molecule has 0 radical (unpaired) electrons. The van der Waals surface area contributed by atoms with E-state index >= 15 is 0 Å². The third-order valence-electron chi connectivity index (χ3n) is 2.51. The summed E-state index contributed by atoms with van der Waals surface area (Å²) in [6.07, 6.45) is 1.53. The Morgan fingerprint density at radius 3 is 2.88 bits per heavy atom. The van der Waals surface area contributed by atoms with Crippen molar-refractivity contribution in [3.8, 4) is 0 Å². The second-order valence-electron chi connectivity index (χ2n) is 3.76. The molecule has 4 nitrogen and oxygen atoms in total. The number of hydrogen-bond donors (Lipinski definition) is 0. The topological polar surface area (TPSA) is 42.4 Å². The molecular formula is C12H17ClN2O2. The van der Waals surface area contributed by atoms with Gasteiger partial charge in [0, 0.05) is 25.4 Å². The average Bonchev–Trinajstić information content (AvgIpc) is 2.30. The summed E-state index contributed by atoms with van der Waals surface area (Å²) in [5.74, 6) is -0.0543. The predicted octanol–water partition coefficient (Wildman–Crippen LogP) is 2.23. The molecule has 0 saturated carbocycles. The molecule has 1 rings (SSSR count). The maximum atomic E-state index is 12.2. The van der Waals surface area contributed by atoms with Crippen molar-refractivity contribution in [2.75, 3.05) is 20.3 Å². The number of hydrogen-bond acceptors (Lipinski definition) is 3. The summed E-state index contributed by atoms with van der Waals surface area (Å²) in [6, 6.07) is 3.27. The van der Waals surface area contributed by atoms with Gasteiger partial charge in [-0.15, -0.1) is 0 Å². The zero-order valence-corrected chi connectivity index (χ0v) is 11.1. The first-order chi connectivity index (χ1) is 8.10. The van der Waals surface area contributed by atoms with Gasteiger partial charge < -0.3 is 9.64 Å². The molecule has 1 amide bonds. The molecule has 94 valence electrons. The molecule has 1 atom stereocenters. The summed E-state index contributed by atoms with van der Waals surface area (Å²) >= 11 is 5.77. The van der Waals surface area contributed by atoms with Crippen LogP contribution in [0.5, 0.6) is 0 Å². The van der Waals surface area contributed by atoms with Gasteiger partial charge in [-0.3, -0.25) is 4.79 Å². The molecule has 5 heteroatoms. The van der Waals surface area contributed by atoms with Crippen LogP contribution in [0.2, 0.25) is 5.15 Å². The number of amides is 1. The predicted molar refractivity (Wildman–Crippen MR) is 67.3 cm³/mol. The van der Waals surface area contributed by atoms with E-state index in [1.165, 1.54) is 6.20 Å². The van der Waals surface area contributed by atoms with E-state index in [1.807, 2.05) is 13.8 Å². The van der Waals surface area contributed by atoms with Crippen molar-refractivity contribution >= 4 is 17.5 Å². The van der Waals surface area contributed by atoms with Gasteiger partial charge in [-0.1, -0.05) is 11.6 Å². The molecule has 0 aliphatic heterocycles. The number of rotatable bonds is 5. The zero-order valence-electron chi connectivity index (χ0n) is 10.3. The highest BCUT2D eigenvalue weighted by atomic mass is 35.5. The second kappa shape index (κ2) is 6.57. The molecule has 0 fully saturated rings. The number of halogens is 1. The van der Waals surface area contributed by atoms with Crippen LogP contribution in [0.25, 0.3) is 0 Å². The third kappa shape index (κ3) is 3.68. The lowest BCUT2D eigenvalue weighted by Gasteiger charge is -2.27. The van der Waals surface area contributed by atoms with Crippen LogP contribution in [0.15, 0.2) is 18.3 Å². The van der Waals surface area contributed by atoms with E-state index < -0.39 is 0 Å². The lowest BCUT2D eigenvalue weighted by atomic mass is 10.2. The average molecular weight is 257 g/mol. The second-order valence-corrected chi connectivity index (χ2v) is 4.15. The molecule has 17 heavy (non-hydrogen) atoms. The Bertz CT molecular complexity index is 385. The van der Waals surface area contributed by atoms with Crippen molar-refractivity contribution in [3.05, 3.63) is 29.0 Å². The largest absolute Gasteiger partial charge is 0.383 e. The van der Waals surface area contributed by atoms with Gasteiger partial charge in [0.15, 0.2) is 0 Å². The standard InChI is InChI=1S/C12H17ClN2O2/c1-4-15(9(2)8-17-3)12(16)10-5-6-14-11(13)7-10/h5-7,9H,4,8H2,1-3H3. The van der Waals surface area contributed by atoms with Crippen LogP contribution in [-0.4, -0.2) is 42.1 Å². The fourth-order valence-electron chi connectivity index (χ4n) is 1.69. The molecular weight excluding hydrogens is 240 g/mol. The number of nitrogens with zero attached hydrogens (tertiary/aromatic N) is 2. The summed E-state index contributed by atoms with van der Waals surface area (Å²) in [7, 11) is 1.62. The highest BCUT2D eigenvalue weighted by molar-refractivity contribution is 6.29. The van der Waals surface area contributed by atoms with Crippen LogP contribution >= 0.6 is 11.6 Å². The summed E-state index contributed by atoms with van der Waals surface area (Å²) in [4.78, 5) is 17.8. The van der Waals surface area contributed by atoms with E-state index in [1.54, 1.807) is 24.1 Å². The summed E-state index contributed by atoms with van der Waals surface area (Å²) in [5.41, 5.74) is 0.551. The molecule has 0 saturated heterocycles. The summed E-state index contributed by atoms with van der Waals surface area (Å²) in [6.45, 7) is 5.03. The van der Waals surface area contributed by atoms with Crippen molar-refractivity contribution < 1.29 is 9.53 Å². The van der Waals surface area contributed by atoms with Gasteiger partial charge in [0.25, 0.3) is 5.91 Å². The highest BCUT2D eigenvalue weighted by Crippen LogP contribution is 2.12. The zero-order chi connectivity index (χ0) is 12.8. The van der Waals surface area contributed by atoms with Gasteiger partial charge in [-0.25, -0.2) is 4.98 Å². The number of pyridine rings is 1. The Morgan fingerprint density at radius 1 is 1.65 bits per heavy atom. The molecule has 0 aliphatic carbocycles. The first kappa shape index (κ1) is 13.9. The van der Waals surface area contributed by atoms with Gasteiger partial charge >= 0.3 is 0 Å². The number of ether oxygens (including phenoxy) is 1. The molecule has 0 N–H and O–H groups in total. The molecule has 0 spiro atoms. The van der Waals surface area contributed by atoms with Crippen molar-refractivity contribution in [1.29, 1.82) is 0 Å². The maximum Gasteiger partial charge on any atom is 0.254 e. The van der Waals surface area contributed by atoms with Crippen LogP contribution < -0.4 is 0 Å². The minimum absolute atomic E-state index is 0.0319. The van der Waals surface area contributed by atoms with Gasteiger partial charge in [-0.05, 0) is 26.0 Å². The van der Waals surface area contributed by atoms with Crippen LogP contribution in [0, 0.1) is 0 Å². The van der Waals surface area contributed by atoms with Crippen LogP contribution in [0.3, 0.4) is 0 Å². The van der Waals surface area contributed by atoms with Crippen molar-refractivity contribution in [2.24, 2.45) is 0 Å². The van der Waals surface area contributed by atoms with Crippen LogP contribution in [0.4, 0.5) is 0 Å². The van der Waals surface area contributed by atoms with Crippen LogP contribution in [-0.2, 0) is 4.74 Å². The first-order valence-electron chi connectivity index (χ1n) is 5.51.